The zero-order valence-corrected chi connectivity index (χ0v) is 18.8. The summed E-state index contributed by atoms with van der Waals surface area (Å²) < 4.78 is 10.5. The highest BCUT2D eigenvalue weighted by Gasteiger charge is 2.25. The van der Waals surface area contributed by atoms with Gasteiger partial charge < -0.3 is 19.1 Å². The molecule has 6 heteroatoms. The molecule has 1 fully saturated rings. The van der Waals surface area contributed by atoms with E-state index in [1.165, 1.54) is 18.4 Å². The number of benzene rings is 1. The van der Waals surface area contributed by atoms with Crippen molar-refractivity contribution in [2.24, 2.45) is 5.92 Å². The molecule has 1 aromatic carbocycles. The lowest BCUT2D eigenvalue weighted by Crippen LogP contribution is -2.43. The Labute approximate surface area is 180 Å². The first-order chi connectivity index (χ1) is 14.5. The molecule has 164 valence electrons. The van der Waals surface area contributed by atoms with Crippen molar-refractivity contribution in [1.82, 2.24) is 15.0 Å². The predicted octanol–water partition coefficient (Wildman–Crippen LogP) is 3.65. The van der Waals surface area contributed by atoms with Gasteiger partial charge in [-0.3, -0.25) is 4.79 Å². The fraction of sp³-hybridized carbons (Fsp3) is 0.583. The van der Waals surface area contributed by atoms with Crippen molar-refractivity contribution in [3.05, 3.63) is 46.8 Å². The zero-order chi connectivity index (χ0) is 21.5. The number of methoxy groups -OCH3 is 1. The van der Waals surface area contributed by atoms with Gasteiger partial charge in [-0.2, -0.15) is 0 Å². The number of amides is 1. The molecule has 3 rings (SSSR count). The van der Waals surface area contributed by atoms with Gasteiger partial charge in [0.15, 0.2) is 0 Å². The Balaban J connectivity index is 1.51. The zero-order valence-electron chi connectivity index (χ0n) is 18.8. The van der Waals surface area contributed by atoms with Gasteiger partial charge in [0.25, 0.3) is 0 Å². The van der Waals surface area contributed by atoms with Crippen LogP contribution in [-0.2, 0) is 17.6 Å². The Bertz CT molecular complexity index is 813. The molecule has 1 aliphatic heterocycles. The number of piperidine rings is 1. The molecule has 0 saturated carbocycles. The minimum absolute atomic E-state index is 0.167. The van der Waals surface area contributed by atoms with Crippen LogP contribution in [0.5, 0.6) is 5.75 Å². The van der Waals surface area contributed by atoms with E-state index in [2.05, 4.69) is 35.2 Å². The Hall–Kier alpha value is -2.34. The van der Waals surface area contributed by atoms with Crippen molar-refractivity contribution in [3.8, 4) is 5.75 Å². The maximum absolute atomic E-state index is 12.9. The third-order valence-corrected chi connectivity index (χ3v) is 6.18. The number of carbonyl (C=O) groups is 1. The molecule has 1 saturated heterocycles. The van der Waals surface area contributed by atoms with Crippen molar-refractivity contribution >= 4 is 5.91 Å². The summed E-state index contributed by atoms with van der Waals surface area (Å²) in [6, 6.07) is 8.32. The molecule has 0 spiro atoms. The third kappa shape index (κ3) is 5.85. The lowest BCUT2D eigenvalue weighted by molar-refractivity contribution is -0.131. The Morgan fingerprint density at radius 2 is 2.20 bits per heavy atom. The number of likely N-dealkylation sites (N-methyl/N-ethyl adjacent to an activating group) is 1. The van der Waals surface area contributed by atoms with E-state index in [0.717, 1.165) is 61.9 Å². The Morgan fingerprint density at radius 3 is 2.90 bits per heavy atom. The van der Waals surface area contributed by atoms with E-state index in [1.54, 1.807) is 7.11 Å². The van der Waals surface area contributed by atoms with Crippen LogP contribution in [0.25, 0.3) is 0 Å². The summed E-state index contributed by atoms with van der Waals surface area (Å²) in [7, 11) is 1.71. The van der Waals surface area contributed by atoms with Crippen LogP contribution in [0, 0.1) is 19.8 Å². The molecule has 2 heterocycles. The summed E-state index contributed by atoms with van der Waals surface area (Å²) in [5, 5.41) is 3.98. The van der Waals surface area contributed by atoms with Gasteiger partial charge in [0, 0.05) is 31.7 Å². The van der Waals surface area contributed by atoms with Gasteiger partial charge in [0.05, 0.1) is 19.2 Å². The second-order valence-corrected chi connectivity index (χ2v) is 8.32. The standard InChI is InChI=1S/C24H35N3O3/c1-5-27(24(28)15-23-18(2)25-30-19(23)3)17-21-9-7-12-26(16-21)13-11-20-8-6-10-22(14-20)29-4/h6,8,10,14,21H,5,7,9,11-13,15-17H2,1-4H3. The van der Waals surface area contributed by atoms with Gasteiger partial charge in [-0.05, 0) is 70.2 Å². The molecule has 1 amide bonds. The SMILES string of the molecule is CCN(CC1CCCN(CCc2cccc(OC)c2)C1)C(=O)Cc1c(C)noc1C. The Kier molecular flexibility index (Phi) is 7.91. The number of rotatable bonds is 9. The third-order valence-electron chi connectivity index (χ3n) is 6.18. The molecule has 0 aliphatic carbocycles. The molecule has 0 N–H and O–H groups in total. The molecule has 6 nitrogen and oxygen atoms in total. The number of hydrogen-bond donors (Lipinski definition) is 0. The Morgan fingerprint density at radius 1 is 1.37 bits per heavy atom. The first-order valence-corrected chi connectivity index (χ1v) is 11.0. The molecular formula is C24H35N3O3. The second-order valence-electron chi connectivity index (χ2n) is 8.32. The quantitative estimate of drug-likeness (QED) is 0.628. The van der Waals surface area contributed by atoms with Gasteiger partial charge in [-0.15, -0.1) is 0 Å². The van der Waals surface area contributed by atoms with Crippen LogP contribution in [-0.4, -0.2) is 60.7 Å². The van der Waals surface area contributed by atoms with Crippen LogP contribution >= 0.6 is 0 Å². The highest BCUT2D eigenvalue weighted by molar-refractivity contribution is 5.79. The number of likely N-dealkylation sites (tertiary alicyclic amines) is 1. The van der Waals surface area contributed by atoms with Crippen LogP contribution in [0.2, 0.25) is 0 Å². The number of nitrogens with zero attached hydrogens (tertiary/aromatic N) is 3. The average Bonchev–Trinajstić information content (AvgIpc) is 3.08. The number of hydrogen-bond acceptors (Lipinski definition) is 5. The van der Waals surface area contributed by atoms with Crippen LogP contribution in [0.1, 0.15) is 42.3 Å². The highest BCUT2D eigenvalue weighted by atomic mass is 16.5. The first kappa shape index (κ1) is 22.3. The summed E-state index contributed by atoms with van der Waals surface area (Å²) >= 11 is 0. The van der Waals surface area contributed by atoms with E-state index in [-0.39, 0.29) is 5.91 Å². The summed E-state index contributed by atoms with van der Waals surface area (Å²) in [6.45, 7) is 10.6. The lowest BCUT2D eigenvalue weighted by Gasteiger charge is -2.35. The second kappa shape index (κ2) is 10.6. The summed E-state index contributed by atoms with van der Waals surface area (Å²) in [6.07, 6.45) is 3.77. The van der Waals surface area contributed by atoms with Crippen LogP contribution in [0.15, 0.2) is 28.8 Å². The average molecular weight is 414 g/mol. The van der Waals surface area contributed by atoms with E-state index in [0.29, 0.717) is 12.3 Å². The number of ether oxygens (including phenoxy) is 1. The minimum Gasteiger partial charge on any atom is -0.497 e. The molecule has 1 aromatic heterocycles. The summed E-state index contributed by atoms with van der Waals surface area (Å²) in [5.74, 6) is 2.36. The van der Waals surface area contributed by atoms with Crippen molar-refractivity contribution in [3.63, 3.8) is 0 Å². The molecular weight excluding hydrogens is 378 g/mol. The predicted molar refractivity (Wildman–Crippen MR) is 118 cm³/mol. The van der Waals surface area contributed by atoms with E-state index in [4.69, 9.17) is 9.26 Å². The molecule has 1 aliphatic rings. The van der Waals surface area contributed by atoms with Crippen LogP contribution < -0.4 is 4.74 Å². The van der Waals surface area contributed by atoms with Gasteiger partial charge in [-0.1, -0.05) is 17.3 Å². The van der Waals surface area contributed by atoms with Crippen molar-refractivity contribution in [1.29, 1.82) is 0 Å². The minimum atomic E-state index is 0.167. The smallest absolute Gasteiger partial charge is 0.227 e. The van der Waals surface area contributed by atoms with E-state index >= 15 is 0 Å². The molecule has 2 aromatic rings. The molecule has 1 unspecified atom stereocenters. The van der Waals surface area contributed by atoms with E-state index < -0.39 is 0 Å². The maximum atomic E-state index is 12.9. The topological polar surface area (TPSA) is 58.8 Å². The molecule has 0 radical (unpaired) electrons. The van der Waals surface area contributed by atoms with E-state index in [9.17, 15) is 4.79 Å². The van der Waals surface area contributed by atoms with Gasteiger partial charge >= 0.3 is 0 Å². The van der Waals surface area contributed by atoms with Crippen molar-refractivity contribution in [2.75, 3.05) is 39.8 Å². The van der Waals surface area contributed by atoms with Crippen molar-refractivity contribution in [2.45, 2.75) is 46.5 Å². The van der Waals surface area contributed by atoms with Gasteiger partial charge in [0.2, 0.25) is 5.91 Å². The molecule has 1 atom stereocenters. The van der Waals surface area contributed by atoms with Crippen LogP contribution in [0.3, 0.4) is 0 Å². The highest BCUT2D eigenvalue weighted by Crippen LogP contribution is 2.20. The number of carbonyl (C=O) groups excluding carboxylic acids is 1. The van der Waals surface area contributed by atoms with Crippen LogP contribution in [0.4, 0.5) is 0 Å². The first-order valence-electron chi connectivity index (χ1n) is 11.0. The van der Waals surface area contributed by atoms with Gasteiger partial charge in [-0.25, -0.2) is 0 Å². The monoisotopic (exact) mass is 413 g/mol. The lowest BCUT2D eigenvalue weighted by atomic mass is 9.96. The number of aryl methyl sites for hydroxylation is 2. The largest absolute Gasteiger partial charge is 0.497 e. The normalized spacial score (nSPS) is 17.1. The summed E-state index contributed by atoms with van der Waals surface area (Å²) in [4.78, 5) is 17.4. The van der Waals surface area contributed by atoms with Gasteiger partial charge in [0.1, 0.15) is 11.5 Å². The van der Waals surface area contributed by atoms with Crippen molar-refractivity contribution < 1.29 is 14.1 Å². The van der Waals surface area contributed by atoms with E-state index in [1.807, 2.05) is 24.8 Å². The molecule has 30 heavy (non-hydrogen) atoms. The molecule has 0 bridgehead atoms. The fourth-order valence-electron chi connectivity index (χ4n) is 4.35. The fourth-order valence-corrected chi connectivity index (χ4v) is 4.35. The maximum Gasteiger partial charge on any atom is 0.227 e. The number of aromatic nitrogens is 1. The summed E-state index contributed by atoms with van der Waals surface area (Å²) in [5.41, 5.74) is 3.06.